The molecule has 1 heterocycles. The maximum Gasteiger partial charge on any atom is 0.108 e. The van der Waals surface area contributed by atoms with Gasteiger partial charge in [0.1, 0.15) is 5.82 Å². The third kappa shape index (κ3) is 2.33. The van der Waals surface area contributed by atoms with Crippen molar-refractivity contribution in [2.45, 2.75) is 32.4 Å². The highest BCUT2D eigenvalue weighted by atomic mass is 16.3. The van der Waals surface area contributed by atoms with Gasteiger partial charge in [-0.25, -0.2) is 4.98 Å². The zero-order chi connectivity index (χ0) is 10.6. The molecule has 0 fully saturated rings. The Hall–Kier alpha value is -0.870. The Morgan fingerprint density at radius 3 is 2.86 bits per heavy atom. The summed E-state index contributed by atoms with van der Waals surface area (Å²) in [5, 5.41) is 12.4. The lowest BCUT2D eigenvalue weighted by atomic mass is 10.0. The molecular formula is C10H19N3O. The Morgan fingerprint density at radius 2 is 2.36 bits per heavy atom. The Balaban J connectivity index is 2.76. The largest absolute Gasteiger partial charge is 0.394 e. The Kier molecular flexibility index (Phi) is 3.66. The van der Waals surface area contributed by atoms with E-state index in [2.05, 4.69) is 21.8 Å². The highest BCUT2D eigenvalue weighted by Gasteiger charge is 2.21. The van der Waals surface area contributed by atoms with Crippen LogP contribution in [0.5, 0.6) is 0 Å². The van der Waals surface area contributed by atoms with Gasteiger partial charge in [0, 0.05) is 25.4 Å². The van der Waals surface area contributed by atoms with Crippen molar-refractivity contribution in [3.8, 4) is 0 Å². The van der Waals surface area contributed by atoms with Crippen LogP contribution >= 0.6 is 0 Å². The number of aromatic nitrogens is 2. The van der Waals surface area contributed by atoms with Crippen LogP contribution in [0.25, 0.3) is 0 Å². The second-order valence-corrected chi connectivity index (χ2v) is 3.79. The second kappa shape index (κ2) is 4.57. The fourth-order valence-corrected chi connectivity index (χ4v) is 1.38. The summed E-state index contributed by atoms with van der Waals surface area (Å²) in [6.07, 6.45) is 4.66. The van der Waals surface area contributed by atoms with Crippen molar-refractivity contribution >= 4 is 0 Å². The van der Waals surface area contributed by atoms with E-state index in [1.54, 1.807) is 6.20 Å². The van der Waals surface area contributed by atoms with Crippen LogP contribution in [-0.2, 0) is 13.0 Å². The fraction of sp³-hybridized carbons (Fsp3) is 0.700. The Bertz CT molecular complexity index is 279. The molecule has 1 rings (SSSR count). The van der Waals surface area contributed by atoms with Crippen LogP contribution in [0.15, 0.2) is 12.4 Å². The first-order valence-corrected chi connectivity index (χ1v) is 4.95. The van der Waals surface area contributed by atoms with Gasteiger partial charge in [0.25, 0.3) is 0 Å². The molecule has 0 spiro atoms. The van der Waals surface area contributed by atoms with Crippen LogP contribution in [0.1, 0.15) is 19.7 Å². The fourth-order valence-electron chi connectivity index (χ4n) is 1.38. The van der Waals surface area contributed by atoms with Crippen molar-refractivity contribution in [2.24, 2.45) is 0 Å². The quantitative estimate of drug-likeness (QED) is 0.719. The van der Waals surface area contributed by atoms with Crippen LogP contribution in [0.3, 0.4) is 0 Å². The van der Waals surface area contributed by atoms with Gasteiger partial charge in [-0.15, -0.1) is 0 Å². The monoisotopic (exact) mass is 197 g/mol. The molecule has 1 aromatic rings. The lowest BCUT2D eigenvalue weighted by Crippen LogP contribution is -2.47. The summed E-state index contributed by atoms with van der Waals surface area (Å²) in [6, 6.07) is 0. The standard InChI is InChI=1S/C10H19N3O/c1-4-9-12-5-6-13(9)7-10(2,8-14)11-3/h5-6,11,14H,4,7-8H2,1-3H3. The highest BCUT2D eigenvalue weighted by molar-refractivity contribution is 4.95. The summed E-state index contributed by atoms with van der Waals surface area (Å²) in [7, 11) is 1.86. The van der Waals surface area contributed by atoms with Gasteiger partial charge in [0.15, 0.2) is 0 Å². The third-order valence-corrected chi connectivity index (χ3v) is 2.59. The van der Waals surface area contributed by atoms with E-state index in [0.29, 0.717) is 0 Å². The maximum atomic E-state index is 9.25. The zero-order valence-electron chi connectivity index (χ0n) is 9.12. The molecule has 0 amide bonds. The van der Waals surface area contributed by atoms with Crippen LogP contribution in [0.4, 0.5) is 0 Å². The predicted molar refractivity (Wildman–Crippen MR) is 56.2 cm³/mol. The van der Waals surface area contributed by atoms with Crippen molar-refractivity contribution in [3.05, 3.63) is 18.2 Å². The minimum Gasteiger partial charge on any atom is -0.394 e. The minimum absolute atomic E-state index is 0.116. The average Bonchev–Trinajstić information content (AvgIpc) is 2.65. The first-order valence-electron chi connectivity index (χ1n) is 4.95. The van der Waals surface area contributed by atoms with E-state index in [4.69, 9.17) is 0 Å². The number of aliphatic hydroxyl groups is 1. The van der Waals surface area contributed by atoms with Gasteiger partial charge in [-0.3, -0.25) is 0 Å². The van der Waals surface area contributed by atoms with Gasteiger partial charge in [0.2, 0.25) is 0 Å². The molecule has 80 valence electrons. The molecule has 14 heavy (non-hydrogen) atoms. The van der Waals surface area contributed by atoms with Crippen molar-refractivity contribution in [1.82, 2.24) is 14.9 Å². The van der Waals surface area contributed by atoms with E-state index in [9.17, 15) is 5.11 Å². The molecule has 0 saturated heterocycles. The van der Waals surface area contributed by atoms with Crippen molar-refractivity contribution in [1.29, 1.82) is 0 Å². The van der Waals surface area contributed by atoms with Gasteiger partial charge < -0.3 is 15.0 Å². The minimum atomic E-state index is -0.273. The number of nitrogens with zero attached hydrogens (tertiary/aromatic N) is 2. The van der Waals surface area contributed by atoms with Crippen LogP contribution in [0, 0.1) is 0 Å². The molecular weight excluding hydrogens is 178 g/mol. The number of hydrogen-bond acceptors (Lipinski definition) is 3. The molecule has 0 bridgehead atoms. The third-order valence-electron chi connectivity index (χ3n) is 2.59. The molecule has 1 atom stereocenters. The molecule has 0 aliphatic carbocycles. The summed E-state index contributed by atoms with van der Waals surface area (Å²) in [5.74, 6) is 1.06. The average molecular weight is 197 g/mol. The van der Waals surface area contributed by atoms with Gasteiger partial charge in [0.05, 0.1) is 12.1 Å². The second-order valence-electron chi connectivity index (χ2n) is 3.79. The number of hydrogen-bond donors (Lipinski definition) is 2. The number of likely N-dealkylation sites (N-methyl/N-ethyl adjacent to an activating group) is 1. The van der Waals surface area contributed by atoms with Crippen LogP contribution < -0.4 is 5.32 Å². The first-order chi connectivity index (χ1) is 6.65. The molecule has 0 aliphatic rings. The molecule has 0 aliphatic heterocycles. The Labute approximate surface area is 85.0 Å². The lowest BCUT2D eigenvalue weighted by molar-refractivity contribution is 0.164. The molecule has 2 N–H and O–H groups in total. The zero-order valence-corrected chi connectivity index (χ0v) is 9.12. The number of rotatable bonds is 5. The molecule has 0 radical (unpaired) electrons. The highest BCUT2D eigenvalue weighted by Crippen LogP contribution is 2.08. The summed E-state index contributed by atoms with van der Waals surface area (Å²) < 4.78 is 2.08. The Morgan fingerprint density at radius 1 is 1.64 bits per heavy atom. The normalized spacial score (nSPS) is 15.4. The number of nitrogens with one attached hydrogen (secondary N) is 1. The van der Waals surface area contributed by atoms with Gasteiger partial charge in [-0.1, -0.05) is 6.92 Å². The van der Waals surface area contributed by atoms with Crippen molar-refractivity contribution < 1.29 is 5.11 Å². The number of aryl methyl sites for hydroxylation is 1. The van der Waals surface area contributed by atoms with E-state index >= 15 is 0 Å². The summed E-state index contributed by atoms with van der Waals surface area (Å²) in [4.78, 5) is 4.24. The number of imidazole rings is 1. The first kappa shape index (κ1) is 11.2. The smallest absolute Gasteiger partial charge is 0.108 e. The van der Waals surface area contributed by atoms with E-state index in [1.165, 1.54) is 0 Å². The van der Waals surface area contributed by atoms with E-state index < -0.39 is 0 Å². The number of aliphatic hydroxyl groups excluding tert-OH is 1. The molecule has 4 nitrogen and oxygen atoms in total. The predicted octanol–water partition coefficient (Wildman–Crippen LogP) is 0.416. The van der Waals surface area contributed by atoms with Crippen molar-refractivity contribution in [3.63, 3.8) is 0 Å². The summed E-state index contributed by atoms with van der Waals surface area (Å²) in [5.41, 5.74) is -0.273. The van der Waals surface area contributed by atoms with Gasteiger partial charge in [-0.2, -0.15) is 0 Å². The van der Waals surface area contributed by atoms with E-state index in [-0.39, 0.29) is 12.1 Å². The van der Waals surface area contributed by atoms with Crippen molar-refractivity contribution in [2.75, 3.05) is 13.7 Å². The molecule has 1 aromatic heterocycles. The molecule has 0 saturated carbocycles. The van der Waals surface area contributed by atoms with Gasteiger partial charge in [-0.05, 0) is 14.0 Å². The summed E-state index contributed by atoms with van der Waals surface area (Å²) >= 11 is 0. The molecule has 4 heteroatoms. The van der Waals surface area contributed by atoms with Crippen LogP contribution in [0.2, 0.25) is 0 Å². The van der Waals surface area contributed by atoms with E-state index in [1.807, 2.05) is 20.2 Å². The lowest BCUT2D eigenvalue weighted by Gasteiger charge is -2.27. The van der Waals surface area contributed by atoms with Gasteiger partial charge >= 0.3 is 0 Å². The molecule has 0 aromatic carbocycles. The topological polar surface area (TPSA) is 50.1 Å². The maximum absolute atomic E-state index is 9.25. The van der Waals surface area contributed by atoms with E-state index in [0.717, 1.165) is 18.8 Å². The summed E-state index contributed by atoms with van der Waals surface area (Å²) in [6.45, 7) is 4.93. The molecule has 1 unspecified atom stereocenters. The van der Waals surface area contributed by atoms with Crippen LogP contribution in [-0.4, -0.2) is 33.9 Å². The SMILES string of the molecule is CCc1nccn1CC(C)(CO)NC.